The van der Waals surface area contributed by atoms with Gasteiger partial charge in [-0.25, -0.2) is 4.39 Å². The summed E-state index contributed by atoms with van der Waals surface area (Å²) in [6.45, 7) is 1.46. The summed E-state index contributed by atoms with van der Waals surface area (Å²) in [5.74, 6) is -0.756. The van der Waals surface area contributed by atoms with Crippen molar-refractivity contribution in [3.63, 3.8) is 0 Å². The van der Waals surface area contributed by atoms with Crippen molar-refractivity contribution in [3.05, 3.63) is 65.5 Å². The highest BCUT2D eigenvalue weighted by molar-refractivity contribution is 6.05. The first-order valence-corrected chi connectivity index (χ1v) is 9.07. The van der Waals surface area contributed by atoms with Crippen LogP contribution in [0, 0.1) is 5.82 Å². The quantitative estimate of drug-likeness (QED) is 0.900. The molecule has 1 aliphatic heterocycles. The molecule has 0 aromatic heterocycles. The molecule has 3 rings (SSSR count). The Hall–Kier alpha value is -2.73. The summed E-state index contributed by atoms with van der Waals surface area (Å²) in [4.78, 5) is 29.1. The van der Waals surface area contributed by atoms with Crippen LogP contribution in [-0.2, 0) is 0 Å². The summed E-state index contributed by atoms with van der Waals surface area (Å²) in [6.07, 6.45) is 1.92. The lowest BCUT2D eigenvalue weighted by molar-refractivity contribution is 0.0663. The number of benzene rings is 2. The molecule has 5 nitrogen and oxygen atoms in total. The number of nitrogens with one attached hydrogen (secondary N) is 1. The third kappa shape index (κ3) is 4.71. The number of hydrogen-bond donors (Lipinski definition) is 1. The van der Waals surface area contributed by atoms with E-state index in [9.17, 15) is 14.0 Å². The van der Waals surface area contributed by atoms with Crippen LogP contribution < -0.4 is 5.32 Å². The standard InChI is InChI=1S/C21H24FN3O2/c1-24(2)19-10-12-25(13-11-19)21(27)16-4-3-5-18(14-16)23-20(26)15-6-8-17(22)9-7-15/h3-9,14,19H,10-13H2,1-2H3,(H,23,26). The first-order valence-electron chi connectivity index (χ1n) is 9.07. The largest absolute Gasteiger partial charge is 0.339 e. The van der Waals surface area contributed by atoms with Crippen molar-refractivity contribution >= 4 is 17.5 Å². The van der Waals surface area contributed by atoms with Crippen LogP contribution in [0.2, 0.25) is 0 Å². The second-order valence-electron chi connectivity index (χ2n) is 7.03. The van der Waals surface area contributed by atoms with Gasteiger partial charge in [-0.15, -0.1) is 0 Å². The summed E-state index contributed by atoms with van der Waals surface area (Å²) in [7, 11) is 4.13. The van der Waals surface area contributed by atoms with E-state index in [1.165, 1.54) is 24.3 Å². The lowest BCUT2D eigenvalue weighted by Crippen LogP contribution is -2.44. The van der Waals surface area contributed by atoms with Crippen LogP contribution in [0.5, 0.6) is 0 Å². The predicted octanol–water partition coefficient (Wildman–Crippen LogP) is 3.24. The number of halogens is 1. The predicted molar refractivity (Wildman–Crippen MR) is 103 cm³/mol. The number of anilines is 1. The van der Waals surface area contributed by atoms with E-state index in [0.29, 0.717) is 22.9 Å². The second kappa shape index (κ2) is 8.31. The van der Waals surface area contributed by atoms with Crippen molar-refractivity contribution in [1.29, 1.82) is 0 Å². The van der Waals surface area contributed by atoms with Gasteiger partial charge in [0.2, 0.25) is 0 Å². The molecule has 142 valence electrons. The van der Waals surface area contributed by atoms with Gasteiger partial charge < -0.3 is 15.1 Å². The second-order valence-corrected chi connectivity index (χ2v) is 7.03. The van der Waals surface area contributed by atoms with Gasteiger partial charge in [-0.3, -0.25) is 9.59 Å². The zero-order valence-corrected chi connectivity index (χ0v) is 15.6. The van der Waals surface area contributed by atoms with Crippen LogP contribution in [0.3, 0.4) is 0 Å². The Morgan fingerprint density at radius 3 is 2.33 bits per heavy atom. The molecule has 1 N–H and O–H groups in total. The normalized spacial score (nSPS) is 15.0. The van der Waals surface area contributed by atoms with Crippen molar-refractivity contribution in [1.82, 2.24) is 9.80 Å². The molecule has 6 heteroatoms. The maximum atomic E-state index is 13.0. The fourth-order valence-electron chi connectivity index (χ4n) is 3.30. The zero-order valence-electron chi connectivity index (χ0n) is 15.6. The van der Waals surface area contributed by atoms with Crippen LogP contribution in [-0.4, -0.2) is 54.8 Å². The van der Waals surface area contributed by atoms with Gasteiger partial charge in [0.1, 0.15) is 5.82 Å². The van der Waals surface area contributed by atoms with Gasteiger partial charge in [-0.2, -0.15) is 0 Å². The molecule has 0 aliphatic carbocycles. The first-order chi connectivity index (χ1) is 12.9. The number of nitrogens with zero attached hydrogens (tertiary/aromatic N) is 2. The van der Waals surface area contributed by atoms with Gasteiger partial charge in [-0.05, 0) is 69.4 Å². The van der Waals surface area contributed by atoms with Crippen LogP contribution >= 0.6 is 0 Å². The molecule has 2 amide bonds. The van der Waals surface area contributed by atoms with E-state index in [1.54, 1.807) is 24.3 Å². The summed E-state index contributed by atoms with van der Waals surface area (Å²) in [5, 5.41) is 2.76. The minimum Gasteiger partial charge on any atom is -0.339 e. The van der Waals surface area contributed by atoms with E-state index >= 15 is 0 Å². The van der Waals surface area contributed by atoms with Gasteiger partial charge in [0, 0.05) is 35.9 Å². The number of rotatable bonds is 4. The van der Waals surface area contributed by atoms with E-state index < -0.39 is 5.82 Å². The van der Waals surface area contributed by atoms with Crippen molar-refractivity contribution in [2.24, 2.45) is 0 Å². The molecule has 1 fully saturated rings. The molecule has 2 aromatic rings. The highest BCUT2D eigenvalue weighted by atomic mass is 19.1. The third-order valence-electron chi connectivity index (χ3n) is 4.96. The third-order valence-corrected chi connectivity index (χ3v) is 4.96. The molecule has 0 bridgehead atoms. The zero-order chi connectivity index (χ0) is 19.4. The van der Waals surface area contributed by atoms with Crippen molar-refractivity contribution in [2.75, 3.05) is 32.5 Å². The minimum atomic E-state index is -0.391. The Labute approximate surface area is 158 Å². The topological polar surface area (TPSA) is 52.6 Å². The molecule has 2 aromatic carbocycles. The van der Waals surface area contributed by atoms with Crippen molar-refractivity contribution < 1.29 is 14.0 Å². The van der Waals surface area contributed by atoms with Crippen molar-refractivity contribution in [2.45, 2.75) is 18.9 Å². The molecular formula is C21H24FN3O2. The van der Waals surface area contributed by atoms with Gasteiger partial charge in [-0.1, -0.05) is 6.07 Å². The smallest absolute Gasteiger partial charge is 0.255 e. The van der Waals surface area contributed by atoms with Gasteiger partial charge in [0.25, 0.3) is 11.8 Å². The summed E-state index contributed by atoms with van der Waals surface area (Å²) >= 11 is 0. The summed E-state index contributed by atoms with van der Waals surface area (Å²) < 4.78 is 13.0. The Kier molecular flexibility index (Phi) is 5.86. The molecule has 1 heterocycles. The first kappa shape index (κ1) is 19.0. The van der Waals surface area contributed by atoms with Gasteiger partial charge in [0.15, 0.2) is 0 Å². The number of carbonyl (C=O) groups excluding carboxylic acids is 2. The van der Waals surface area contributed by atoms with Crippen LogP contribution in [0.1, 0.15) is 33.6 Å². The van der Waals surface area contributed by atoms with Crippen LogP contribution in [0.4, 0.5) is 10.1 Å². The average Bonchev–Trinajstić information content (AvgIpc) is 2.68. The molecule has 1 aliphatic rings. The summed E-state index contributed by atoms with van der Waals surface area (Å²) in [6, 6.07) is 12.8. The molecular weight excluding hydrogens is 345 g/mol. The Morgan fingerprint density at radius 2 is 1.70 bits per heavy atom. The van der Waals surface area contributed by atoms with E-state index in [-0.39, 0.29) is 11.8 Å². The fraction of sp³-hybridized carbons (Fsp3) is 0.333. The van der Waals surface area contributed by atoms with E-state index in [0.717, 1.165) is 25.9 Å². The Morgan fingerprint density at radius 1 is 1.04 bits per heavy atom. The molecule has 0 saturated carbocycles. The SMILES string of the molecule is CN(C)C1CCN(C(=O)c2cccc(NC(=O)c3ccc(F)cc3)c2)CC1. The maximum absolute atomic E-state index is 13.0. The number of carbonyl (C=O) groups is 2. The van der Waals surface area contributed by atoms with E-state index in [2.05, 4.69) is 24.3 Å². The lowest BCUT2D eigenvalue weighted by atomic mass is 10.0. The highest BCUT2D eigenvalue weighted by Gasteiger charge is 2.24. The molecule has 0 atom stereocenters. The lowest BCUT2D eigenvalue weighted by Gasteiger charge is -2.35. The van der Waals surface area contributed by atoms with E-state index in [1.807, 2.05) is 4.90 Å². The highest BCUT2D eigenvalue weighted by Crippen LogP contribution is 2.19. The van der Waals surface area contributed by atoms with E-state index in [4.69, 9.17) is 0 Å². The van der Waals surface area contributed by atoms with Crippen molar-refractivity contribution in [3.8, 4) is 0 Å². The van der Waals surface area contributed by atoms with Gasteiger partial charge in [0.05, 0.1) is 0 Å². The van der Waals surface area contributed by atoms with Crippen LogP contribution in [0.15, 0.2) is 48.5 Å². The number of amides is 2. The fourth-order valence-corrected chi connectivity index (χ4v) is 3.30. The van der Waals surface area contributed by atoms with Gasteiger partial charge >= 0.3 is 0 Å². The molecule has 0 radical (unpaired) electrons. The number of likely N-dealkylation sites (tertiary alicyclic amines) is 1. The molecule has 0 spiro atoms. The Bertz CT molecular complexity index is 812. The maximum Gasteiger partial charge on any atom is 0.255 e. The van der Waals surface area contributed by atoms with Crippen LogP contribution in [0.25, 0.3) is 0 Å². The Balaban J connectivity index is 1.65. The molecule has 1 saturated heterocycles. The number of hydrogen-bond acceptors (Lipinski definition) is 3. The number of piperidine rings is 1. The molecule has 0 unspecified atom stereocenters. The average molecular weight is 369 g/mol. The monoisotopic (exact) mass is 369 g/mol. The minimum absolute atomic E-state index is 0.0231. The molecule has 27 heavy (non-hydrogen) atoms. The summed E-state index contributed by atoms with van der Waals surface area (Å²) in [5.41, 5.74) is 1.45.